The molecule has 10 heteroatoms. The summed E-state index contributed by atoms with van der Waals surface area (Å²) in [6.45, 7) is -2.91. The Balaban J connectivity index is 2.19. The van der Waals surface area contributed by atoms with Crippen LogP contribution in [-0.4, -0.2) is 34.0 Å². The van der Waals surface area contributed by atoms with E-state index in [4.69, 9.17) is 0 Å². The Morgan fingerprint density at radius 1 is 1.18 bits per heavy atom. The highest BCUT2D eigenvalue weighted by Crippen LogP contribution is 2.21. The minimum Gasteiger partial charge on any atom is -0.435 e. The molecule has 0 amide bonds. The second-order valence-corrected chi connectivity index (χ2v) is 4.62. The fourth-order valence-electron chi connectivity index (χ4n) is 1.51. The van der Waals surface area contributed by atoms with Crippen LogP contribution in [0, 0.1) is 0 Å². The van der Waals surface area contributed by atoms with Crippen LogP contribution in [0.4, 0.5) is 17.6 Å². The van der Waals surface area contributed by atoms with Crippen molar-refractivity contribution in [3.05, 3.63) is 35.7 Å². The second kappa shape index (κ2) is 7.25. The van der Waals surface area contributed by atoms with Gasteiger partial charge in [0.15, 0.2) is 0 Å². The zero-order valence-electron chi connectivity index (χ0n) is 11.2. The van der Waals surface area contributed by atoms with E-state index in [0.29, 0.717) is 5.56 Å². The van der Waals surface area contributed by atoms with Crippen molar-refractivity contribution in [3.8, 4) is 5.75 Å². The smallest absolute Gasteiger partial charge is 0.387 e. The molecule has 0 N–H and O–H groups in total. The van der Waals surface area contributed by atoms with Crippen LogP contribution in [-0.2, 0) is 0 Å². The lowest BCUT2D eigenvalue weighted by Crippen LogP contribution is -2.02. The molecule has 0 bridgehead atoms. The van der Waals surface area contributed by atoms with Crippen molar-refractivity contribution >= 4 is 18.0 Å². The van der Waals surface area contributed by atoms with Gasteiger partial charge in [-0.05, 0) is 36.1 Å². The molecule has 1 heterocycles. The van der Waals surface area contributed by atoms with E-state index in [2.05, 4.69) is 20.0 Å². The Morgan fingerprint density at radius 3 is 2.41 bits per heavy atom. The Labute approximate surface area is 127 Å². The number of hydrogen-bond acceptors (Lipinski definition) is 5. The van der Waals surface area contributed by atoms with Gasteiger partial charge in [0.25, 0.3) is 6.43 Å². The summed E-state index contributed by atoms with van der Waals surface area (Å²) in [5.74, 6) is -0.576. The molecular weight excluding hydrogens is 324 g/mol. The van der Waals surface area contributed by atoms with Crippen molar-refractivity contribution in [2.45, 2.75) is 18.2 Å². The average molecular weight is 334 g/mol. The normalized spacial score (nSPS) is 11.8. The first-order valence-corrected chi connectivity index (χ1v) is 7.10. The average Bonchev–Trinajstić information content (AvgIpc) is 2.89. The van der Waals surface area contributed by atoms with Crippen LogP contribution in [0.15, 0.2) is 34.5 Å². The number of thioether (sulfide) groups is 1. The summed E-state index contributed by atoms with van der Waals surface area (Å²) in [4.78, 5) is 0. The molecule has 22 heavy (non-hydrogen) atoms. The molecule has 5 nitrogen and oxygen atoms in total. The van der Waals surface area contributed by atoms with Gasteiger partial charge < -0.3 is 4.74 Å². The van der Waals surface area contributed by atoms with Crippen molar-refractivity contribution in [1.82, 2.24) is 14.9 Å². The third kappa shape index (κ3) is 3.97. The predicted octanol–water partition coefficient (Wildman–Crippen LogP) is 3.42. The highest BCUT2D eigenvalue weighted by Gasteiger charge is 2.19. The van der Waals surface area contributed by atoms with Gasteiger partial charge in [0.05, 0.1) is 6.21 Å². The molecule has 2 aromatic rings. The van der Waals surface area contributed by atoms with Crippen LogP contribution < -0.4 is 4.74 Å². The third-order valence-corrected chi connectivity index (χ3v) is 3.06. The molecule has 0 aliphatic carbocycles. The number of aromatic nitrogens is 3. The summed E-state index contributed by atoms with van der Waals surface area (Å²) < 4.78 is 54.7. The summed E-state index contributed by atoms with van der Waals surface area (Å²) in [5.41, 5.74) is 0.516. The molecule has 0 spiro atoms. The van der Waals surface area contributed by atoms with E-state index in [1.165, 1.54) is 30.5 Å². The van der Waals surface area contributed by atoms with Crippen LogP contribution in [0.1, 0.15) is 17.8 Å². The molecule has 0 atom stereocenters. The summed E-state index contributed by atoms with van der Waals surface area (Å²) in [6, 6.07) is 5.57. The van der Waals surface area contributed by atoms with E-state index in [0.717, 1.165) is 16.4 Å². The molecule has 118 valence electrons. The number of halogens is 4. The molecule has 2 rings (SSSR count). The van der Waals surface area contributed by atoms with E-state index in [1.54, 1.807) is 6.26 Å². The molecule has 1 aromatic heterocycles. The van der Waals surface area contributed by atoms with Gasteiger partial charge in [-0.3, -0.25) is 0 Å². The minimum atomic E-state index is -2.91. The monoisotopic (exact) mass is 334 g/mol. The fourth-order valence-corrected chi connectivity index (χ4v) is 1.94. The van der Waals surface area contributed by atoms with Gasteiger partial charge in [0.2, 0.25) is 11.0 Å². The second-order valence-electron chi connectivity index (χ2n) is 3.85. The molecule has 0 unspecified atom stereocenters. The first-order chi connectivity index (χ1) is 10.5. The third-order valence-electron chi connectivity index (χ3n) is 2.44. The van der Waals surface area contributed by atoms with Crippen molar-refractivity contribution in [3.63, 3.8) is 0 Å². The largest absolute Gasteiger partial charge is 0.435 e. The lowest BCUT2D eigenvalue weighted by Gasteiger charge is -2.04. The van der Waals surface area contributed by atoms with E-state index < -0.39 is 18.9 Å². The van der Waals surface area contributed by atoms with Gasteiger partial charge in [-0.25, -0.2) is 8.78 Å². The van der Waals surface area contributed by atoms with Gasteiger partial charge in [0, 0.05) is 0 Å². The standard InChI is InChI=1S/C12H10F4N4OS/c1-22-12-19-18-10(9(13)14)20(12)17-6-7-2-4-8(5-3-7)21-11(15)16/h2-6,9,11H,1H3. The van der Waals surface area contributed by atoms with Crippen LogP contribution in [0.3, 0.4) is 0 Å². The maximum Gasteiger partial charge on any atom is 0.387 e. The number of hydrogen-bond donors (Lipinski definition) is 0. The maximum absolute atomic E-state index is 12.8. The van der Waals surface area contributed by atoms with Gasteiger partial charge in [-0.2, -0.15) is 18.6 Å². The summed E-state index contributed by atoms with van der Waals surface area (Å²) in [5, 5.41) is 11.1. The van der Waals surface area contributed by atoms with Gasteiger partial charge >= 0.3 is 6.61 Å². The Bertz CT molecular complexity index is 645. The molecule has 1 aromatic carbocycles. The fraction of sp³-hybridized carbons (Fsp3) is 0.250. The zero-order chi connectivity index (χ0) is 16.1. The molecule has 0 aliphatic heterocycles. The number of alkyl halides is 4. The predicted molar refractivity (Wildman–Crippen MR) is 72.8 cm³/mol. The van der Waals surface area contributed by atoms with E-state index in [-0.39, 0.29) is 10.9 Å². The van der Waals surface area contributed by atoms with Crippen LogP contribution in [0.5, 0.6) is 5.75 Å². The first kappa shape index (κ1) is 16.3. The number of benzene rings is 1. The van der Waals surface area contributed by atoms with Gasteiger partial charge in [-0.1, -0.05) is 11.8 Å². The van der Waals surface area contributed by atoms with E-state index >= 15 is 0 Å². The quantitative estimate of drug-likeness (QED) is 0.461. The first-order valence-electron chi connectivity index (χ1n) is 5.88. The Morgan fingerprint density at radius 2 is 1.86 bits per heavy atom. The number of rotatable bonds is 6. The van der Waals surface area contributed by atoms with Crippen molar-refractivity contribution < 1.29 is 22.3 Å². The van der Waals surface area contributed by atoms with Gasteiger partial charge in [-0.15, -0.1) is 10.2 Å². The van der Waals surface area contributed by atoms with Crippen molar-refractivity contribution in [2.75, 3.05) is 6.26 Å². The molecule has 0 saturated carbocycles. The molecule has 0 fully saturated rings. The topological polar surface area (TPSA) is 52.3 Å². The summed E-state index contributed by atoms with van der Waals surface area (Å²) in [6.07, 6.45) is 0.135. The van der Waals surface area contributed by atoms with Crippen LogP contribution in [0.2, 0.25) is 0 Å². The highest BCUT2D eigenvalue weighted by atomic mass is 32.2. The maximum atomic E-state index is 12.8. The minimum absolute atomic E-state index is 0.00507. The van der Waals surface area contributed by atoms with Gasteiger partial charge in [0.1, 0.15) is 5.75 Å². The summed E-state index contributed by atoms with van der Waals surface area (Å²) in [7, 11) is 0. The van der Waals surface area contributed by atoms with Crippen molar-refractivity contribution in [1.29, 1.82) is 0 Å². The van der Waals surface area contributed by atoms with Crippen LogP contribution in [0.25, 0.3) is 0 Å². The Hall–Kier alpha value is -2.10. The molecule has 0 aliphatic rings. The zero-order valence-corrected chi connectivity index (χ0v) is 12.0. The number of ether oxygens (including phenoxy) is 1. The highest BCUT2D eigenvalue weighted by molar-refractivity contribution is 7.98. The molecule has 0 radical (unpaired) electrons. The molecular formula is C12H10F4N4OS. The number of nitrogens with zero attached hydrogens (tertiary/aromatic N) is 4. The SMILES string of the molecule is CSc1nnc(C(F)F)n1N=Cc1ccc(OC(F)F)cc1. The lowest BCUT2D eigenvalue weighted by molar-refractivity contribution is -0.0498. The Kier molecular flexibility index (Phi) is 5.36. The lowest BCUT2D eigenvalue weighted by atomic mass is 10.2. The van der Waals surface area contributed by atoms with E-state index in [1.807, 2.05) is 0 Å². The molecule has 0 saturated heterocycles. The van der Waals surface area contributed by atoms with Crippen LogP contribution >= 0.6 is 11.8 Å². The van der Waals surface area contributed by atoms with Crippen molar-refractivity contribution in [2.24, 2.45) is 5.10 Å². The summed E-state index contributed by atoms with van der Waals surface area (Å²) >= 11 is 1.12. The van der Waals surface area contributed by atoms with E-state index in [9.17, 15) is 17.6 Å².